The van der Waals surface area contributed by atoms with Gasteiger partial charge in [-0.05, 0) is 42.8 Å². The number of unbranched alkanes of at least 4 members (excludes halogenated alkanes) is 1. The molecule has 148 valence electrons. The van der Waals surface area contributed by atoms with Gasteiger partial charge in [0, 0.05) is 4.90 Å². The molecule has 0 aliphatic rings. The minimum absolute atomic E-state index is 0.111. The summed E-state index contributed by atoms with van der Waals surface area (Å²) in [5, 5.41) is 2.28. The van der Waals surface area contributed by atoms with E-state index < -0.39 is 17.9 Å². The number of carbonyl (C=O) groups is 3. The van der Waals surface area contributed by atoms with Crippen molar-refractivity contribution in [3.05, 3.63) is 60.2 Å². The van der Waals surface area contributed by atoms with Gasteiger partial charge in [-0.15, -0.1) is 11.8 Å². The van der Waals surface area contributed by atoms with Crippen molar-refractivity contribution in [2.75, 3.05) is 16.7 Å². The lowest BCUT2D eigenvalue weighted by Gasteiger charge is -2.16. The smallest absolute Gasteiger partial charge is 0.338 e. The molecule has 0 fully saturated rings. The summed E-state index contributed by atoms with van der Waals surface area (Å²) in [6, 6.07) is 15.0. The van der Waals surface area contributed by atoms with E-state index in [1.165, 1.54) is 11.8 Å². The van der Waals surface area contributed by atoms with E-state index in [9.17, 15) is 14.4 Å². The number of benzene rings is 2. The van der Waals surface area contributed by atoms with Gasteiger partial charge in [-0.3, -0.25) is 10.1 Å². The van der Waals surface area contributed by atoms with Crippen molar-refractivity contribution in [1.29, 1.82) is 0 Å². The highest BCUT2D eigenvalue weighted by Gasteiger charge is 2.16. The number of nitrogens with one attached hydrogen (secondary N) is 1. The van der Waals surface area contributed by atoms with E-state index in [1.807, 2.05) is 37.3 Å². The maximum Gasteiger partial charge on any atom is 0.338 e. The van der Waals surface area contributed by atoms with Gasteiger partial charge in [0.15, 0.2) is 0 Å². The molecule has 2 rings (SSSR count). The standard InChI is InChI=1S/C20H22N2O4S2/c1-2-3-13-26-19(24)15-9-11-16(12-10-15)22(27)20(25)21-18(23)14-28-17-7-5-4-6-8-17/h4-12,27H,2-3,13-14H2,1H3,(H,21,23,25). The number of hydrogen-bond acceptors (Lipinski definition) is 6. The molecule has 0 radical (unpaired) electrons. The predicted octanol–water partition coefficient (Wildman–Crippen LogP) is 4.32. The normalized spacial score (nSPS) is 10.2. The summed E-state index contributed by atoms with van der Waals surface area (Å²) in [6.07, 6.45) is 1.75. The molecule has 0 unspecified atom stereocenters. The molecule has 3 amide bonds. The van der Waals surface area contributed by atoms with Crippen LogP contribution in [0.4, 0.5) is 10.5 Å². The number of urea groups is 1. The second-order valence-corrected chi connectivity index (χ2v) is 7.25. The van der Waals surface area contributed by atoms with Crippen LogP contribution in [0.15, 0.2) is 59.5 Å². The van der Waals surface area contributed by atoms with Gasteiger partial charge in [-0.25, -0.2) is 13.9 Å². The van der Waals surface area contributed by atoms with Gasteiger partial charge in [0.2, 0.25) is 5.91 Å². The zero-order valence-electron chi connectivity index (χ0n) is 15.5. The molecule has 0 saturated carbocycles. The van der Waals surface area contributed by atoms with Crippen LogP contribution in [0, 0.1) is 0 Å². The highest BCUT2D eigenvalue weighted by atomic mass is 32.2. The topological polar surface area (TPSA) is 75.7 Å². The highest BCUT2D eigenvalue weighted by molar-refractivity contribution is 8.00. The van der Waals surface area contributed by atoms with E-state index in [-0.39, 0.29) is 5.75 Å². The number of carbonyl (C=O) groups excluding carboxylic acids is 3. The van der Waals surface area contributed by atoms with Crippen LogP contribution < -0.4 is 9.62 Å². The molecule has 6 nitrogen and oxygen atoms in total. The fourth-order valence-electron chi connectivity index (χ4n) is 2.12. The highest BCUT2D eigenvalue weighted by Crippen LogP contribution is 2.19. The van der Waals surface area contributed by atoms with E-state index in [0.717, 1.165) is 22.0 Å². The van der Waals surface area contributed by atoms with Gasteiger partial charge in [0.05, 0.1) is 23.6 Å². The van der Waals surface area contributed by atoms with Crippen LogP contribution in [0.1, 0.15) is 30.1 Å². The number of rotatable bonds is 8. The summed E-state index contributed by atoms with van der Waals surface area (Å²) in [4.78, 5) is 37.0. The second-order valence-electron chi connectivity index (χ2n) is 5.80. The number of nitrogens with zero attached hydrogens (tertiary/aromatic N) is 1. The number of anilines is 1. The Morgan fingerprint density at radius 3 is 2.39 bits per heavy atom. The molecule has 1 N–H and O–H groups in total. The average Bonchev–Trinajstić information content (AvgIpc) is 2.72. The van der Waals surface area contributed by atoms with E-state index in [1.54, 1.807) is 24.3 Å². The van der Waals surface area contributed by atoms with Crippen molar-refractivity contribution >= 4 is 48.2 Å². The molecule has 2 aromatic carbocycles. The molecule has 2 aromatic rings. The SMILES string of the molecule is CCCCOC(=O)c1ccc(N(S)C(=O)NC(=O)CSc2ccccc2)cc1. The van der Waals surface area contributed by atoms with E-state index in [2.05, 4.69) is 18.1 Å². The predicted molar refractivity (Wildman–Crippen MR) is 114 cm³/mol. The van der Waals surface area contributed by atoms with Crippen molar-refractivity contribution < 1.29 is 19.1 Å². The fraction of sp³-hybridized carbons (Fsp3) is 0.250. The van der Waals surface area contributed by atoms with Crippen LogP contribution in [0.25, 0.3) is 0 Å². The zero-order valence-corrected chi connectivity index (χ0v) is 17.2. The molecular formula is C20H22N2O4S2. The number of esters is 1. The molecule has 0 spiro atoms. The quantitative estimate of drug-likeness (QED) is 0.289. The van der Waals surface area contributed by atoms with Crippen LogP contribution in [-0.4, -0.2) is 30.3 Å². The van der Waals surface area contributed by atoms with Gasteiger partial charge < -0.3 is 4.74 Å². The Morgan fingerprint density at radius 2 is 1.75 bits per heavy atom. The summed E-state index contributed by atoms with van der Waals surface area (Å²) in [7, 11) is 0. The Kier molecular flexibility index (Phi) is 8.90. The van der Waals surface area contributed by atoms with Crippen LogP contribution in [-0.2, 0) is 9.53 Å². The van der Waals surface area contributed by atoms with Crippen molar-refractivity contribution in [2.45, 2.75) is 24.7 Å². The maximum absolute atomic E-state index is 12.2. The Hall–Kier alpha value is -2.45. The summed E-state index contributed by atoms with van der Waals surface area (Å²) in [5.41, 5.74) is 0.812. The summed E-state index contributed by atoms with van der Waals surface area (Å²) >= 11 is 5.46. The van der Waals surface area contributed by atoms with E-state index in [0.29, 0.717) is 17.9 Å². The number of amides is 3. The molecule has 0 aliphatic carbocycles. The van der Waals surface area contributed by atoms with E-state index >= 15 is 0 Å². The van der Waals surface area contributed by atoms with Gasteiger partial charge in [-0.1, -0.05) is 44.4 Å². The monoisotopic (exact) mass is 418 g/mol. The summed E-state index contributed by atoms with van der Waals surface area (Å²) in [5.74, 6) is -0.725. The third-order valence-electron chi connectivity index (χ3n) is 3.63. The number of ether oxygens (including phenoxy) is 1. The average molecular weight is 419 g/mol. The first kappa shape index (κ1) is 21.8. The van der Waals surface area contributed by atoms with Crippen molar-refractivity contribution in [3.63, 3.8) is 0 Å². The molecule has 0 bridgehead atoms. The van der Waals surface area contributed by atoms with Crippen molar-refractivity contribution in [3.8, 4) is 0 Å². The third kappa shape index (κ3) is 6.94. The van der Waals surface area contributed by atoms with Crippen molar-refractivity contribution in [2.24, 2.45) is 0 Å². The zero-order chi connectivity index (χ0) is 20.4. The summed E-state index contributed by atoms with van der Waals surface area (Å²) < 4.78 is 6.15. The van der Waals surface area contributed by atoms with Crippen LogP contribution in [0.3, 0.4) is 0 Å². The first-order valence-electron chi connectivity index (χ1n) is 8.79. The number of thiol groups is 1. The molecule has 28 heavy (non-hydrogen) atoms. The van der Waals surface area contributed by atoms with Gasteiger partial charge >= 0.3 is 12.0 Å². The fourth-order valence-corrected chi connectivity index (χ4v) is 3.03. The third-order valence-corrected chi connectivity index (χ3v) is 5.06. The van der Waals surface area contributed by atoms with E-state index in [4.69, 9.17) is 4.74 Å². The largest absolute Gasteiger partial charge is 0.462 e. The maximum atomic E-state index is 12.2. The Bertz CT molecular complexity index is 798. The molecule has 0 saturated heterocycles. The first-order chi connectivity index (χ1) is 13.5. The minimum atomic E-state index is -0.666. The van der Waals surface area contributed by atoms with Gasteiger partial charge in [0.1, 0.15) is 0 Å². The number of imide groups is 1. The first-order valence-corrected chi connectivity index (χ1v) is 10.2. The van der Waals surface area contributed by atoms with Gasteiger partial charge in [-0.2, -0.15) is 0 Å². The van der Waals surface area contributed by atoms with Crippen LogP contribution in [0.5, 0.6) is 0 Å². The number of thioether (sulfide) groups is 1. The Morgan fingerprint density at radius 1 is 1.07 bits per heavy atom. The molecule has 8 heteroatoms. The lowest BCUT2D eigenvalue weighted by molar-refractivity contribution is -0.117. The minimum Gasteiger partial charge on any atom is -0.462 e. The second kappa shape index (κ2) is 11.4. The Balaban J connectivity index is 1.84. The Labute approximate surface area is 174 Å². The summed E-state index contributed by atoms with van der Waals surface area (Å²) in [6.45, 7) is 2.39. The van der Waals surface area contributed by atoms with Crippen LogP contribution in [0.2, 0.25) is 0 Å². The van der Waals surface area contributed by atoms with Gasteiger partial charge in [0.25, 0.3) is 0 Å². The van der Waals surface area contributed by atoms with Crippen molar-refractivity contribution in [1.82, 2.24) is 5.32 Å². The molecule has 0 heterocycles. The van der Waals surface area contributed by atoms with Crippen LogP contribution >= 0.6 is 24.6 Å². The lowest BCUT2D eigenvalue weighted by Crippen LogP contribution is -2.39. The number of hydrogen-bond donors (Lipinski definition) is 2. The molecule has 0 atom stereocenters. The lowest BCUT2D eigenvalue weighted by atomic mass is 10.2. The molecule has 0 aromatic heterocycles. The molecular weight excluding hydrogens is 396 g/mol. The molecule has 0 aliphatic heterocycles.